The third kappa shape index (κ3) is 14.5. The van der Waals surface area contributed by atoms with Gasteiger partial charge in [-0.05, 0) is 55.9 Å². The molecule has 19 heteroatoms. The van der Waals surface area contributed by atoms with E-state index in [-0.39, 0.29) is 34.3 Å². The van der Waals surface area contributed by atoms with Crippen LogP contribution in [-0.4, -0.2) is 146 Å². The summed E-state index contributed by atoms with van der Waals surface area (Å²) < 4.78 is 92.2. The van der Waals surface area contributed by atoms with Crippen molar-refractivity contribution in [2.75, 3.05) is 144 Å². The van der Waals surface area contributed by atoms with Crippen molar-refractivity contribution in [1.29, 1.82) is 0 Å². The molecule has 13 nitrogen and oxygen atoms in total. The molecule has 0 atom stereocenters. The van der Waals surface area contributed by atoms with Gasteiger partial charge in [0, 0.05) is 92.2 Å². The van der Waals surface area contributed by atoms with Gasteiger partial charge in [0.25, 0.3) is 0 Å². The molecule has 3 aromatic carbocycles. The lowest BCUT2D eigenvalue weighted by Crippen LogP contribution is -2.47. The van der Waals surface area contributed by atoms with Crippen LogP contribution >= 0.6 is 0 Å². The Morgan fingerprint density at radius 1 is 0.483 bits per heavy atom. The summed E-state index contributed by atoms with van der Waals surface area (Å²) in [5.41, 5.74) is 20.9. The number of ether oxygens (including phenoxy) is 4. The highest BCUT2D eigenvalue weighted by atomic mass is 19.3. The normalized spacial score (nSPS) is 16.7. The van der Waals surface area contributed by atoms with Crippen molar-refractivity contribution < 1.29 is 45.3 Å². The van der Waals surface area contributed by atoms with Gasteiger partial charge in [0.2, 0.25) is 0 Å². The Hall–Kier alpha value is -4.72. The second-order valence-electron chi connectivity index (χ2n) is 14.3. The molecule has 0 aliphatic carbocycles. The fourth-order valence-electron chi connectivity index (χ4n) is 7.29. The summed E-state index contributed by atoms with van der Waals surface area (Å²) in [7, 11) is 1.69. The maximum absolute atomic E-state index is 12.3. The molecule has 3 saturated heterocycles. The van der Waals surface area contributed by atoms with Gasteiger partial charge in [0.15, 0.2) is 17.2 Å². The van der Waals surface area contributed by atoms with Crippen LogP contribution < -0.4 is 46.1 Å². The Morgan fingerprint density at radius 2 is 0.800 bits per heavy atom. The fraction of sp³-hybridized carbons (Fsp3) is 0.561. The average Bonchev–Trinajstić information content (AvgIpc) is 3.23. The Bertz CT molecular complexity index is 1690. The maximum Gasteiger partial charge on any atom is 0.387 e. The molecule has 0 spiro atoms. The minimum absolute atomic E-state index is 0.0318. The molecule has 3 aromatic rings. The van der Waals surface area contributed by atoms with Crippen molar-refractivity contribution in [2.45, 2.75) is 40.1 Å². The van der Waals surface area contributed by atoms with Crippen LogP contribution in [0.15, 0.2) is 54.6 Å². The Balaban J connectivity index is 0.000000199. The fourth-order valence-corrected chi connectivity index (χ4v) is 7.29. The van der Waals surface area contributed by atoms with E-state index in [2.05, 4.69) is 57.5 Å². The van der Waals surface area contributed by atoms with Gasteiger partial charge in [-0.15, -0.1) is 0 Å². The lowest BCUT2D eigenvalue weighted by Gasteiger charge is -2.36. The first-order valence-electron chi connectivity index (χ1n) is 20.3. The van der Waals surface area contributed by atoms with Crippen LogP contribution in [0.3, 0.4) is 0 Å². The molecular formula is C41H61F6N9O4. The summed E-state index contributed by atoms with van der Waals surface area (Å²) in [4.78, 5) is 13.4. The standard InChI is InChI=1S/C14H21F2N3O2.C14H21F2N3O.C13H19F2N3O/c1-20-10-9-18-5-7-19(8-6-18)11-3-2-4-12(13(11)17)21-14(15)16;1-2-6-18-7-9-19(10-8-18)11-4-3-5-12(13(11)17)20-14(15)16;1-2-17-6-8-18(9-7-17)10-4-3-5-11(12(10)16)19-13(14)15/h2-4,14H,5-10,17H2,1H3;3-5,14H,2,6-10,17H2,1H3;3-5,13H,2,6-9,16H2,1H3. The van der Waals surface area contributed by atoms with Crippen LogP contribution in [0.25, 0.3) is 0 Å². The van der Waals surface area contributed by atoms with Gasteiger partial charge in [0.05, 0.1) is 40.7 Å². The molecule has 0 radical (unpaired) electrons. The van der Waals surface area contributed by atoms with E-state index in [0.717, 1.165) is 122 Å². The van der Waals surface area contributed by atoms with Crippen molar-refractivity contribution in [3.63, 3.8) is 0 Å². The molecule has 3 aliphatic rings. The zero-order valence-corrected chi connectivity index (χ0v) is 34.8. The highest BCUT2D eigenvalue weighted by Crippen LogP contribution is 2.36. The molecule has 0 amide bonds. The van der Waals surface area contributed by atoms with E-state index >= 15 is 0 Å². The van der Waals surface area contributed by atoms with Gasteiger partial charge >= 0.3 is 19.8 Å². The summed E-state index contributed by atoms with van der Waals surface area (Å²) in [5, 5.41) is 0. The Morgan fingerprint density at radius 3 is 1.08 bits per heavy atom. The van der Waals surface area contributed by atoms with E-state index in [0.29, 0.717) is 6.61 Å². The van der Waals surface area contributed by atoms with Gasteiger partial charge in [-0.25, -0.2) is 0 Å². The number of halogens is 6. The first-order valence-corrected chi connectivity index (χ1v) is 20.3. The molecule has 0 saturated carbocycles. The minimum Gasteiger partial charge on any atom is -0.433 e. The van der Waals surface area contributed by atoms with Crippen molar-refractivity contribution in [2.24, 2.45) is 0 Å². The van der Waals surface area contributed by atoms with Gasteiger partial charge in [0.1, 0.15) is 0 Å². The van der Waals surface area contributed by atoms with Crippen molar-refractivity contribution in [1.82, 2.24) is 14.7 Å². The molecule has 6 rings (SSSR count). The highest BCUT2D eigenvalue weighted by molar-refractivity contribution is 5.76. The number of alkyl halides is 6. The highest BCUT2D eigenvalue weighted by Gasteiger charge is 2.23. The quantitative estimate of drug-likeness (QED) is 0.121. The number of rotatable bonds is 15. The molecule has 3 fully saturated rings. The summed E-state index contributed by atoms with van der Waals surface area (Å²) in [6.45, 7) is 10.0. The summed E-state index contributed by atoms with van der Waals surface area (Å²) in [6, 6.07) is 15.0. The van der Waals surface area contributed by atoms with E-state index in [1.54, 1.807) is 25.3 Å². The third-order valence-electron chi connectivity index (χ3n) is 10.5. The SMILES string of the molecule is CCCN1CCN(c2cccc(OC(F)F)c2N)CC1.CCN1CCN(c2cccc(OC(F)F)c2N)CC1.COCCN1CCN(c2cccc(OC(F)F)c2N)CC1. The van der Waals surface area contributed by atoms with Gasteiger partial charge in [-0.2, -0.15) is 26.3 Å². The molecule has 0 bridgehead atoms. The first kappa shape index (κ1) is 48.0. The number of nitrogen functional groups attached to an aromatic ring is 3. The van der Waals surface area contributed by atoms with Crippen LogP contribution in [0.1, 0.15) is 20.3 Å². The number of piperazine rings is 3. The Kier molecular flexibility index (Phi) is 19.6. The lowest BCUT2D eigenvalue weighted by molar-refractivity contribution is -0.0499. The minimum atomic E-state index is -2.87. The number of nitrogens with two attached hydrogens (primary N) is 3. The van der Waals surface area contributed by atoms with Gasteiger partial charge < -0.3 is 55.7 Å². The molecule has 60 heavy (non-hydrogen) atoms. The predicted octanol–water partition coefficient (Wildman–Crippen LogP) is 6.05. The lowest BCUT2D eigenvalue weighted by atomic mass is 10.2. The second-order valence-corrected chi connectivity index (χ2v) is 14.3. The average molecular weight is 858 g/mol. The molecule has 3 heterocycles. The number of methoxy groups -OCH3 is 1. The third-order valence-corrected chi connectivity index (χ3v) is 10.5. The number of likely N-dealkylation sites (N-methyl/N-ethyl adjacent to an activating group) is 1. The van der Waals surface area contributed by atoms with Crippen LogP contribution in [0, 0.1) is 0 Å². The van der Waals surface area contributed by atoms with Crippen molar-refractivity contribution in [3.8, 4) is 17.2 Å². The second kappa shape index (κ2) is 24.5. The van der Waals surface area contributed by atoms with E-state index in [4.69, 9.17) is 21.9 Å². The molecule has 6 N–H and O–H groups in total. The molecular weight excluding hydrogens is 796 g/mol. The van der Waals surface area contributed by atoms with Crippen LogP contribution in [0.2, 0.25) is 0 Å². The number of hydrogen-bond acceptors (Lipinski definition) is 13. The largest absolute Gasteiger partial charge is 0.433 e. The molecule has 0 aromatic heterocycles. The topological polar surface area (TPSA) is 134 Å². The van der Waals surface area contributed by atoms with E-state index < -0.39 is 19.8 Å². The zero-order chi connectivity index (χ0) is 43.6. The monoisotopic (exact) mass is 857 g/mol. The summed E-state index contributed by atoms with van der Waals surface area (Å²) in [6.07, 6.45) is 1.14. The first-order chi connectivity index (χ1) is 28.8. The van der Waals surface area contributed by atoms with E-state index in [1.165, 1.54) is 18.2 Å². The van der Waals surface area contributed by atoms with E-state index in [1.807, 2.05) is 18.2 Å². The molecule has 0 unspecified atom stereocenters. The van der Waals surface area contributed by atoms with Crippen molar-refractivity contribution >= 4 is 34.1 Å². The zero-order valence-electron chi connectivity index (χ0n) is 34.8. The van der Waals surface area contributed by atoms with E-state index in [9.17, 15) is 26.3 Å². The van der Waals surface area contributed by atoms with Gasteiger partial charge in [-0.1, -0.05) is 32.0 Å². The van der Waals surface area contributed by atoms with Gasteiger partial charge in [-0.3, -0.25) is 9.80 Å². The maximum atomic E-state index is 12.3. The summed E-state index contributed by atoms with van der Waals surface area (Å²) >= 11 is 0. The smallest absolute Gasteiger partial charge is 0.387 e. The number of nitrogens with zero attached hydrogens (tertiary/aromatic N) is 6. The number of anilines is 6. The summed E-state index contributed by atoms with van der Waals surface area (Å²) in [5.74, 6) is 0.128. The predicted molar refractivity (Wildman–Crippen MR) is 226 cm³/mol. The van der Waals surface area contributed by atoms with Crippen molar-refractivity contribution in [3.05, 3.63) is 54.6 Å². The number of para-hydroxylation sites is 3. The van der Waals surface area contributed by atoms with Crippen LogP contribution in [-0.2, 0) is 4.74 Å². The molecule has 336 valence electrons. The molecule has 3 aliphatic heterocycles. The Labute approximate surface area is 349 Å². The van der Waals surface area contributed by atoms with Crippen LogP contribution in [0.5, 0.6) is 17.2 Å². The number of hydrogen-bond donors (Lipinski definition) is 3. The number of benzene rings is 3. The van der Waals surface area contributed by atoms with Crippen LogP contribution in [0.4, 0.5) is 60.5 Å².